The highest BCUT2D eigenvalue weighted by Crippen LogP contribution is 2.25. The van der Waals surface area contributed by atoms with Crippen LogP contribution in [-0.4, -0.2) is 51.4 Å². The van der Waals surface area contributed by atoms with E-state index in [4.69, 9.17) is 10.5 Å². The van der Waals surface area contributed by atoms with Crippen LogP contribution in [0.3, 0.4) is 0 Å². The minimum absolute atomic E-state index is 0.474. The molecule has 0 bridgehead atoms. The number of nitrogens with two attached hydrogens (primary N) is 1. The molecule has 1 aromatic carbocycles. The van der Waals surface area contributed by atoms with Gasteiger partial charge in [0.25, 0.3) is 0 Å². The largest absolute Gasteiger partial charge is 0.497 e. The Kier molecular flexibility index (Phi) is 13.5. The zero-order valence-corrected chi connectivity index (χ0v) is 17.3. The van der Waals surface area contributed by atoms with Gasteiger partial charge in [0.05, 0.1) is 7.11 Å². The summed E-state index contributed by atoms with van der Waals surface area (Å²) < 4.78 is 5.18. The molecule has 0 aliphatic rings. The first-order valence-corrected chi connectivity index (χ1v) is 9.41. The van der Waals surface area contributed by atoms with Gasteiger partial charge in [-0.25, -0.2) is 0 Å². The molecule has 0 aliphatic heterocycles. The maximum atomic E-state index is 11.3. The van der Waals surface area contributed by atoms with E-state index >= 15 is 0 Å². The molecule has 1 aromatic rings. The monoisotopic (exact) mass is 377 g/mol. The van der Waals surface area contributed by atoms with Crippen molar-refractivity contribution in [1.29, 1.82) is 0 Å². The van der Waals surface area contributed by atoms with Gasteiger partial charge >= 0.3 is 0 Å². The Labute approximate surface area is 163 Å². The van der Waals surface area contributed by atoms with Crippen LogP contribution in [-0.2, 0) is 4.79 Å². The molecule has 152 valence electrons. The van der Waals surface area contributed by atoms with Gasteiger partial charge in [0.15, 0.2) is 6.29 Å². The number of benzene rings is 1. The van der Waals surface area contributed by atoms with Crippen LogP contribution < -0.4 is 15.8 Å². The van der Waals surface area contributed by atoms with Crippen LogP contribution in [0.2, 0.25) is 0 Å². The summed E-state index contributed by atoms with van der Waals surface area (Å²) in [5, 5.41) is 2.39. The van der Waals surface area contributed by atoms with Gasteiger partial charge in [-0.05, 0) is 43.0 Å². The SMILES string of the molecule is CCCC(C)/C(=C/c1ccc(OC)cc1C=O)N(C)CC.NCCNC=O. The third-order valence-electron chi connectivity index (χ3n) is 4.24. The summed E-state index contributed by atoms with van der Waals surface area (Å²) in [5.41, 5.74) is 7.88. The molecule has 1 rings (SSSR count). The van der Waals surface area contributed by atoms with Gasteiger partial charge in [0.2, 0.25) is 6.41 Å². The van der Waals surface area contributed by atoms with Crippen molar-refractivity contribution < 1.29 is 14.3 Å². The van der Waals surface area contributed by atoms with Crippen LogP contribution in [0.4, 0.5) is 0 Å². The zero-order chi connectivity index (χ0) is 20.7. The minimum Gasteiger partial charge on any atom is -0.497 e. The predicted octanol–water partition coefficient (Wildman–Crippen LogP) is 2.93. The van der Waals surface area contributed by atoms with E-state index in [-0.39, 0.29) is 0 Å². The fraction of sp³-hybridized carbons (Fsp3) is 0.524. The van der Waals surface area contributed by atoms with Gasteiger partial charge in [-0.15, -0.1) is 0 Å². The van der Waals surface area contributed by atoms with Crippen LogP contribution >= 0.6 is 0 Å². The second-order valence-electron chi connectivity index (χ2n) is 6.25. The summed E-state index contributed by atoms with van der Waals surface area (Å²) in [5.74, 6) is 1.18. The first-order valence-electron chi connectivity index (χ1n) is 9.41. The van der Waals surface area contributed by atoms with E-state index in [1.165, 1.54) is 5.70 Å². The maximum Gasteiger partial charge on any atom is 0.207 e. The van der Waals surface area contributed by atoms with Crippen molar-refractivity contribution in [2.75, 3.05) is 33.8 Å². The first kappa shape index (κ1) is 24.7. The molecule has 0 radical (unpaired) electrons. The minimum atomic E-state index is 0.474. The number of amides is 1. The lowest BCUT2D eigenvalue weighted by Gasteiger charge is -2.26. The van der Waals surface area contributed by atoms with Gasteiger partial charge in [-0.1, -0.05) is 26.3 Å². The molecule has 0 heterocycles. The molecular formula is C21H35N3O3. The van der Waals surface area contributed by atoms with Crippen molar-refractivity contribution in [1.82, 2.24) is 10.2 Å². The molecule has 27 heavy (non-hydrogen) atoms. The van der Waals surface area contributed by atoms with Crippen LogP contribution in [0.1, 0.15) is 49.5 Å². The smallest absolute Gasteiger partial charge is 0.207 e. The molecule has 0 spiro atoms. The van der Waals surface area contributed by atoms with E-state index < -0.39 is 0 Å². The highest BCUT2D eigenvalue weighted by Gasteiger charge is 2.13. The quantitative estimate of drug-likeness (QED) is 0.457. The van der Waals surface area contributed by atoms with Gasteiger partial charge in [-0.2, -0.15) is 0 Å². The lowest BCUT2D eigenvalue weighted by atomic mass is 9.97. The van der Waals surface area contributed by atoms with Crippen molar-refractivity contribution in [3.05, 3.63) is 35.0 Å². The number of ether oxygens (including phenoxy) is 1. The van der Waals surface area contributed by atoms with Crippen LogP contribution in [0.25, 0.3) is 6.08 Å². The maximum absolute atomic E-state index is 11.3. The van der Waals surface area contributed by atoms with Crippen molar-refractivity contribution in [3.63, 3.8) is 0 Å². The summed E-state index contributed by atoms with van der Waals surface area (Å²) in [7, 11) is 3.71. The molecule has 0 fully saturated rings. The molecule has 0 aromatic heterocycles. The Morgan fingerprint density at radius 2 is 2.00 bits per heavy atom. The Balaban J connectivity index is 0.000000972. The van der Waals surface area contributed by atoms with E-state index in [0.717, 1.165) is 31.2 Å². The number of nitrogens with zero attached hydrogens (tertiary/aromatic N) is 1. The van der Waals surface area contributed by atoms with E-state index in [1.807, 2.05) is 12.1 Å². The molecule has 3 N–H and O–H groups in total. The Hall–Kier alpha value is -2.34. The molecule has 6 nitrogen and oxygen atoms in total. The highest BCUT2D eigenvalue weighted by molar-refractivity contribution is 5.83. The fourth-order valence-corrected chi connectivity index (χ4v) is 2.61. The summed E-state index contributed by atoms with van der Waals surface area (Å²) in [6, 6.07) is 5.63. The summed E-state index contributed by atoms with van der Waals surface area (Å²) in [6.07, 6.45) is 5.95. The van der Waals surface area contributed by atoms with Crippen molar-refractivity contribution >= 4 is 18.8 Å². The number of allylic oxidation sites excluding steroid dienone is 1. The highest BCUT2D eigenvalue weighted by atomic mass is 16.5. The van der Waals surface area contributed by atoms with Crippen molar-refractivity contribution in [3.8, 4) is 5.75 Å². The first-order chi connectivity index (χ1) is 13.0. The average Bonchev–Trinajstić information content (AvgIpc) is 2.70. The Morgan fingerprint density at radius 3 is 2.44 bits per heavy atom. The predicted molar refractivity (Wildman–Crippen MR) is 112 cm³/mol. The number of nitrogens with one attached hydrogen (secondary N) is 1. The third kappa shape index (κ3) is 9.24. The zero-order valence-electron chi connectivity index (χ0n) is 17.3. The number of hydrogen-bond donors (Lipinski definition) is 2. The normalized spacial score (nSPS) is 11.7. The van der Waals surface area contributed by atoms with E-state index in [1.54, 1.807) is 13.2 Å². The lowest BCUT2D eigenvalue weighted by Crippen LogP contribution is -2.21. The number of carbonyl (C=O) groups excluding carboxylic acids is 2. The Bertz CT molecular complexity index is 588. The molecule has 6 heteroatoms. The number of methoxy groups -OCH3 is 1. The number of aldehydes is 1. The molecule has 1 atom stereocenters. The van der Waals surface area contributed by atoms with Crippen LogP contribution in [0.5, 0.6) is 5.75 Å². The lowest BCUT2D eigenvalue weighted by molar-refractivity contribution is -0.109. The van der Waals surface area contributed by atoms with Crippen molar-refractivity contribution in [2.45, 2.75) is 33.6 Å². The van der Waals surface area contributed by atoms with Crippen LogP contribution in [0, 0.1) is 5.92 Å². The molecule has 0 aliphatic carbocycles. The van der Waals surface area contributed by atoms with Gasteiger partial charge < -0.3 is 20.7 Å². The average molecular weight is 378 g/mol. The van der Waals surface area contributed by atoms with E-state index in [0.29, 0.717) is 36.7 Å². The fourth-order valence-electron chi connectivity index (χ4n) is 2.61. The molecule has 1 unspecified atom stereocenters. The summed E-state index contributed by atoms with van der Waals surface area (Å²) in [6.45, 7) is 8.62. The standard InChI is InChI=1S/C18H27NO2.C3H8N2O/c1-6-8-14(3)18(19(4)7-2)12-15-9-10-17(21-5)11-16(15)13-20;4-1-2-5-3-6/h9-14H,6-8H2,1-5H3;3H,1-2,4H2,(H,5,6)/b18-12-;. The molecule has 0 saturated heterocycles. The van der Waals surface area contributed by atoms with E-state index in [2.05, 4.69) is 44.1 Å². The van der Waals surface area contributed by atoms with E-state index in [9.17, 15) is 9.59 Å². The molecule has 0 saturated carbocycles. The van der Waals surface area contributed by atoms with Gasteiger partial charge in [-0.3, -0.25) is 9.59 Å². The van der Waals surface area contributed by atoms with Crippen LogP contribution in [0.15, 0.2) is 23.9 Å². The van der Waals surface area contributed by atoms with Crippen molar-refractivity contribution in [2.24, 2.45) is 11.7 Å². The topological polar surface area (TPSA) is 84.7 Å². The number of hydrogen-bond acceptors (Lipinski definition) is 5. The number of carbonyl (C=O) groups is 2. The third-order valence-corrected chi connectivity index (χ3v) is 4.24. The summed E-state index contributed by atoms with van der Waals surface area (Å²) >= 11 is 0. The number of rotatable bonds is 11. The molecule has 1 amide bonds. The molecular weight excluding hydrogens is 342 g/mol. The summed E-state index contributed by atoms with van der Waals surface area (Å²) in [4.78, 5) is 23.0. The van der Waals surface area contributed by atoms with Gasteiger partial charge in [0.1, 0.15) is 5.75 Å². The van der Waals surface area contributed by atoms with Gasteiger partial charge in [0, 0.05) is 37.9 Å². The second kappa shape index (κ2) is 14.8. The Morgan fingerprint density at radius 1 is 1.30 bits per heavy atom. The second-order valence-corrected chi connectivity index (χ2v) is 6.25.